The SMILES string of the molecule is C=CC(N)=O.CN(C)CCCS(=O)(=O)O. The molecule has 0 aliphatic heterocycles. The number of nitrogens with zero attached hydrogens (tertiary/aromatic N) is 1. The number of hydrogen-bond acceptors (Lipinski definition) is 4. The second-order valence-electron chi connectivity index (χ2n) is 3.05. The lowest BCUT2D eigenvalue weighted by atomic mass is 10.5. The fourth-order valence-electron chi connectivity index (χ4n) is 0.563. The van der Waals surface area contributed by atoms with Crippen LogP contribution in [0.2, 0.25) is 0 Å². The molecular weight excluding hydrogens is 220 g/mol. The Kier molecular flexibility index (Phi) is 9.24. The Bertz CT molecular complexity index is 285. The van der Waals surface area contributed by atoms with Gasteiger partial charge in [-0.3, -0.25) is 9.35 Å². The number of carbonyl (C=O) groups excluding carboxylic acids is 1. The highest BCUT2D eigenvalue weighted by Crippen LogP contribution is 1.88. The first-order chi connectivity index (χ1) is 6.69. The second kappa shape index (κ2) is 8.39. The van der Waals surface area contributed by atoms with Gasteiger partial charge in [-0.15, -0.1) is 0 Å². The number of nitrogens with two attached hydrogens (primary N) is 1. The van der Waals surface area contributed by atoms with Crippen LogP contribution in [0.5, 0.6) is 0 Å². The Morgan fingerprint density at radius 1 is 1.53 bits per heavy atom. The van der Waals surface area contributed by atoms with Gasteiger partial charge in [-0.2, -0.15) is 8.42 Å². The van der Waals surface area contributed by atoms with E-state index in [-0.39, 0.29) is 5.75 Å². The minimum absolute atomic E-state index is 0.148. The van der Waals surface area contributed by atoms with Crippen LogP contribution in [0.4, 0.5) is 0 Å². The normalized spacial score (nSPS) is 10.4. The van der Waals surface area contributed by atoms with E-state index in [2.05, 4.69) is 12.3 Å². The molecule has 7 heteroatoms. The third kappa shape index (κ3) is 24.6. The largest absolute Gasteiger partial charge is 0.366 e. The molecule has 6 nitrogen and oxygen atoms in total. The molecule has 0 saturated carbocycles. The molecule has 3 N–H and O–H groups in total. The van der Waals surface area contributed by atoms with Crippen LogP contribution in [0.1, 0.15) is 6.42 Å². The molecule has 0 aliphatic carbocycles. The van der Waals surface area contributed by atoms with E-state index in [4.69, 9.17) is 4.55 Å². The molecule has 0 saturated heterocycles. The summed E-state index contributed by atoms with van der Waals surface area (Å²) in [5.74, 6) is -0.629. The first-order valence-electron chi connectivity index (χ1n) is 4.20. The van der Waals surface area contributed by atoms with Gasteiger partial charge in [-0.1, -0.05) is 6.58 Å². The quantitative estimate of drug-likeness (QED) is 0.496. The van der Waals surface area contributed by atoms with E-state index < -0.39 is 16.0 Å². The molecule has 0 unspecified atom stereocenters. The Morgan fingerprint density at radius 3 is 2.13 bits per heavy atom. The second-order valence-corrected chi connectivity index (χ2v) is 4.62. The van der Waals surface area contributed by atoms with E-state index in [9.17, 15) is 13.2 Å². The van der Waals surface area contributed by atoms with Crippen molar-refractivity contribution in [2.45, 2.75) is 6.42 Å². The van der Waals surface area contributed by atoms with Gasteiger partial charge in [0, 0.05) is 0 Å². The van der Waals surface area contributed by atoms with E-state index >= 15 is 0 Å². The summed E-state index contributed by atoms with van der Waals surface area (Å²) >= 11 is 0. The van der Waals surface area contributed by atoms with Crippen LogP contribution < -0.4 is 5.73 Å². The average Bonchev–Trinajstić information content (AvgIpc) is 2.02. The first kappa shape index (κ1) is 16.5. The van der Waals surface area contributed by atoms with Crippen molar-refractivity contribution >= 4 is 16.0 Å². The monoisotopic (exact) mass is 238 g/mol. The smallest absolute Gasteiger partial charge is 0.264 e. The zero-order valence-electron chi connectivity index (χ0n) is 9.01. The molecular formula is C8H18N2O4S. The van der Waals surface area contributed by atoms with Crippen molar-refractivity contribution < 1.29 is 17.8 Å². The van der Waals surface area contributed by atoms with Gasteiger partial charge in [0.2, 0.25) is 5.91 Å². The summed E-state index contributed by atoms with van der Waals surface area (Å²) in [4.78, 5) is 11.3. The van der Waals surface area contributed by atoms with E-state index in [0.29, 0.717) is 13.0 Å². The van der Waals surface area contributed by atoms with Crippen LogP contribution in [0, 0.1) is 0 Å². The lowest BCUT2D eigenvalue weighted by molar-refractivity contribution is -0.113. The molecule has 90 valence electrons. The Morgan fingerprint density at radius 2 is 1.93 bits per heavy atom. The summed E-state index contributed by atoms with van der Waals surface area (Å²) in [6.07, 6.45) is 1.53. The van der Waals surface area contributed by atoms with Gasteiger partial charge < -0.3 is 10.6 Å². The van der Waals surface area contributed by atoms with Crippen LogP contribution >= 0.6 is 0 Å². The van der Waals surface area contributed by atoms with Crippen molar-refractivity contribution in [3.63, 3.8) is 0 Å². The maximum absolute atomic E-state index is 10.1. The highest BCUT2D eigenvalue weighted by Gasteiger charge is 2.02. The summed E-state index contributed by atoms with van der Waals surface area (Å²) in [7, 11) is -0.0441. The first-order valence-corrected chi connectivity index (χ1v) is 5.81. The average molecular weight is 238 g/mol. The molecule has 0 spiro atoms. The van der Waals surface area contributed by atoms with Crippen molar-refractivity contribution in [1.82, 2.24) is 4.90 Å². The topological polar surface area (TPSA) is 101 Å². The number of amides is 1. The summed E-state index contributed by atoms with van der Waals surface area (Å²) in [6, 6.07) is 0. The Hall–Kier alpha value is -0.920. The number of primary amides is 1. The Balaban J connectivity index is 0. The van der Waals surface area contributed by atoms with Crippen molar-refractivity contribution in [2.24, 2.45) is 5.73 Å². The number of rotatable bonds is 5. The molecule has 0 atom stereocenters. The minimum Gasteiger partial charge on any atom is -0.366 e. The molecule has 0 aromatic rings. The van der Waals surface area contributed by atoms with E-state index in [1.165, 1.54) is 0 Å². The van der Waals surface area contributed by atoms with E-state index in [1.54, 1.807) is 0 Å². The zero-order valence-corrected chi connectivity index (χ0v) is 9.83. The van der Waals surface area contributed by atoms with E-state index in [0.717, 1.165) is 6.08 Å². The standard InChI is InChI=1S/C5H13NO3S.C3H5NO/c1-6(2)4-3-5-10(7,8)9;1-2-3(4)5/h3-5H2,1-2H3,(H,7,8,9);2H,1H2,(H2,4,5). The molecule has 0 aromatic heterocycles. The maximum Gasteiger partial charge on any atom is 0.264 e. The summed E-state index contributed by atoms with van der Waals surface area (Å²) in [5.41, 5.74) is 4.53. The van der Waals surface area contributed by atoms with E-state index in [1.807, 2.05) is 19.0 Å². The van der Waals surface area contributed by atoms with Crippen molar-refractivity contribution in [2.75, 3.05) is 26.4 Å². The molecule has 0 aromatic carbocycles. The molecule has 0 radical (unpaired) electrons. The lowest BCUT2D eigenvalue weighted by Crippen LogP contribution is -2.16. The van der Waals surface area contributed by atoms with Gasteiger partial charge in [0.05, 0.1) is 5.75 Å². The number of carbonyl (C=O) groups is 1. The Labute approximate surface area is 90.5 Å². The predicted octanol–water partition coefficient (Wildman–Crippen LogP) is -0.516. The van der Waals surface area contributed by atoms with Crippen LogP contribution in [-0.2, 0) is 14.9 Å². The van der Waals surface area contributed by atoms with Crippen LogP contribution in [-0.4, -0.2) is 50.2 Å². The zero-order chi connectivity index (χ0) is 12.5. The predicted molar refractivity (Wildman–Crippen MR) is 59.0 cm³/mol. The molecule has 0 bridgehead atoms. The van der Waals surface area contributed by atoms with Gasteiger partial charge in [-0.05, 0) is 33.1 Å². The molecule has 15 heavy (non-hydrogen) atoms. The summed E-state index contributed by atoms with van der Waals surface area (Å²) < 4.78 is 28.6. The van der Waals surface area contributed by atoms with Crippen LogP contribution in [0.25, 0.3) is 0 Å². The van der Waals surface area contributed by atoms with Gasteiger partial charge in [-0.25, -0.2) is 0 Å². The third-order valence-electron chi connectivity index (χ3n) is 1.21. The molecule has 0 aliphatic rings. The van der Waals surface area contributed by atoms with Gasteiger partial charge >= 0.3 is 0 Å². The highest BCUT2D eigenvalue weighted by atomic mass is 32.2. The summed E-state index contributed by atoms with van der Waals surface area (Å²) in [6.45, 7) is 3.77. The molecule has 0 fully saturated rings. The van der Waals surface area contributed by atoms with Crippen molar-refractivity contribution in [1.29, 1.82) is 0 Å². The number of hydrogen-bond donors (Lipinski definition) is 2. The molecule has 1 amide bonds. The van der Waals surface area contributed by atoms with Crippen molar-refractivity contribution in [3.05, 3.63) is 12.7 Å². The highest BCUT2D eigenvalue weighted by molar-refractivity contribution is 7.85. The lowest BCUT2D eigenvalue weighted by Gasteiger charge is -2.06. The maximum atomic E-state index is 10.1. The minimum atomic E-state index is -3.75. The summed E-state index contributed by atoms with van der Waals surface area (Å²) in [5, 5.41) is 0. The molecule has 0 rings (SSSR count). The van der Waals surface area contributed by atoms with Gasteiger partial charge in [0.1, 0.15) is 0 Å². The van der Waals surface area contributed by atoms with Gasteiger partial charge in [0.15, 0.2) is 0 Å². The third-order valence-corrected chi connectivity index (χ3v) is 2.01. The fourth-order valence-corrected chi connectivity index (χ4v) is 1.06. The fraction of sp³-hybridized carbons (Fsp3) is 0.625. The van der Waals surface area contributed by atoms with Crippen LogP contribution in [0.3, 0.4) is 0 Å². The molecule has 0 heterocycles. The van der Waals surface area contributed by atoms with Crippen molar-refractivity contribution in [3.8, 4) is 0 Å². The van der Waals surface area contributed by atoms with Crippen LogP contribution in [0.15, 0.2) is 12.7 Å². The van der Waals surface area contributed by atoms with Gasteiger partial charge in [0.25, 0.3) is 10.1 Å².